The summed E-state index contributed by atoms with van der Waals surface area (Å²) in [6, 6.07) is 20.7. The lowest BCUT2D eigenvalue weighted by Gasteiger charge is -2.13. The van der Waals surface area contributed by atoms with Crippen molar-refractivity contribution in [3.8, 4) is 17.1 Å². The van der Waals surface area contributed by atoms with Crippen molar-refractivity contribution in [2.45, 2.75) is 104 Å². The summed E-state index contributed by atoms with van der Waals surface area (Å²) in [6.07, 6.45) is 17.8. The lowest BCUT2D eigenvalue weighted by atomic mass is 10.1. The van der Waals surface area contributed by atoms with E-state index >= 15 is 0 Å². The van der Waals surface area contributed by atoms with Gasteiger partial charge in [0.1, 0.15) is 5.75 Å². The zero-order valence-corrected chi connectivity index (χ0v) is 28.6. The maximum Gasteiger partial charge on any atom is 0.343 e. The number of carbonyl (C=O) groups is 2. The van der Waals surface area contributed by atoms with Gasteiger partial charge in [-0.05, 0) is 111 Å². The third-order valence-electron chi connectivity index (χ3n) is 8.11. The Morgan fingerprint density at radius 1 is 0.646 bits per heavy atom. The van der Waals surface area contributed by atoms with E-state index in [0.717, 1.165) is 31.2 Å². The quantitative estimate of drug-likeness (QED) is 0.0434. The normalized spacial score (nSPS) is 11.8. The van der Waals surface area contributed by atoms with Gasteiger partial charge in [-0.2, -0.15) is 10.2 Å². The van der Waals surface area contributed by atoms with Crippen LogP contribution in [0.1, 0.15) is 118 Å². The van der Waals surface area contributed by atoms with Crippen LogP contribution in [0.25, 0.3) is 11.4 Å². The van der Waals surface area contributed by atoms with Crippen molar-refractivity contribution in [1.82, 2.24) is 9.97 Å². The van der Waals surface area contributed by atoms with Gasteiger partial charge in [0.15, 0.2) is 5.82 Å². The van der Waals surface area contributed by atoms with Gasteiger partial charge in [0, 0.05) is 18.0 Å². The second kappa shape index (κ2) is 19.8. The molecule has 0 N–H and O–H groups in total. The average Bonchev–Trinajstić information content (AvgIpc) is 3.11. The summed E-state index contributed by atoms with van der Waals surface area (Å²) in [7, 11) is 0. The number of benzene rings is 3. The van der Waals surface area contributed by atoms with Crippen LogP contribution in [-0.4, -0.2) is 28.0 Å². The van der Waals surface area contributed by atoms with Crippen LogP contribution < -0.4 is 4.74 Å². The van der Waals surface area contributed by atoms with Crippen LogP contribution in [0, 0.1) is 0 Å². The maximum atomic E-state index is 12.7. The summed E-state index contributed by atoms with van der Waals surface area (Å²) < 4.78 is 11.0. The molecule has 1 heterocycles. The molecule has 0 spiro atoms. The Labute approximate surface area is 285 Å². The van der Waals surface area contributed by atoms with Crippen LogP contribution in [-0.2, 0) is 11.2 Å². The van der Waals surface area contributed by atoms with Crippen molar-refractivity contribution >= 4 is 23.3 Å². The largest absolute Gasteiger partial charge is 0.459 e. The summed E-state index contributed by atoms with van der Waals surface area (Å²) in [6.45, 7) is 6.32. The Balaban J connectivity index is 1.22. The predicted molar refractivity (Wildman–Crippen MR) is 190 cm³/mol. The molecule has 0 aliphatic heterocycles. The first-order valence-corrected chi connectivity index (χ1v) is 17.4. The molecule has 3 aromatic carbocycles. The summed E-state index contributed by atoms with van der Waals surface area (Å²) >= 11 is 0. The van der Waals surface area contributed by atoms with E-state index in [1.165, 1.54) is 56.9 Å². The number of esters is 2. The number of nitrogens with zero attached hydrogens (tertiary/aromatic N) is 4. The fourth-order valence-electron chi connectivity index (χ4n) is 5.19. The minimum Gasteiger partial charge on any atom is -0.459 e. The maximum absolute atomic E-state index is 12.7. The first-order valence-electron chi connectivity index (χ1n) is 17.4. The summed E-state index contributed by atoms with van der Waals surface area (Å²) in [5.74, 6) is 0.132. The Hall–Kier alpha value is -4.72. The summed E-state index contributed by atoms with van der Waals surface area (Å²) in [4.78, 5) is 34.3. The molecule has 0 aliphatic carbocycles. The second-order valence-corrected chi connectivity index (χ2v) is 12.2. The molecule has 8 nitrogen and oxygen atoms in total. The van der Waals surface area contributed by atoms with E-state index < -0.39 is 5.97 Å². The molecule has 252 valence electrons. The monoisotopic (exact) mass is 648 g/mol. The van der Waals surface area contributed by atoms with Crippen LogP contribution in [0.5, 0.6) is 5.75 Å². The molecule has 1 atom stereocenters. The Morgan fingerprint density at radius 2 is 1.17 bits per heavy atom. The minimum atomic E-state index is -0.511. The zero-order chi connectivity index (χ0) is 34.0. The molecule has 4 rings (SSSR count). The average molecular weight is 649 g/mol. The van der Waals surface area contributed by atoms with E-state index in [2.05, 4.69) is 34.0 Å². The Morgan fingerprint density at radius 3 is 1.79 bits per heavy atom. The highest BCUT2D eigenvalue weighted by Gasteiger charge is 2.14. The zero-order valence-electron chi connectivity index (χ0n) is 28.6. The van der Waals surface area contributed by atoms with Gasteiger partial charge >= 0.3 is 11.9 Å². The van der Waals surface area contributed by atoms with Gasteiger partial charge in [0.2, 0.25) is 0 Å². The number of ether oxygens (including phenoxy) is 2. The molecule has 0 radical (unpaired) electrons. The molecular formula is C40H48N4O4. The molecule has 0 amide bonds. The molecule has 0 bridgehead atoms. The predicted octanol–water partition coefficient (Wildman–Crippen LogP) is 11.2. The second-order valence-electron chi connectivity index (χ2n) is 12.2. The van der Waals surface area contributed by atoms with Gasteiger partial charge in [-0.15, -0.1) is 0 Å². The first kappa shape index (κ1) is 36.1. The van der Waals surface area contributed by atoms with E-state index in [0.29, 0.717) is 34.1 Å². The fraction of sp³-hybridized carbons (Fsp3) is 0.400. The lowest BCUT2D eigenvalue weighted by molar-refractivity contribution is 0.0319. The number of unbranched alkanes of at least 4 members (excludes halogenated alkanes) is 8. The van der Waals surface area contributed by atoms with Crippen molar-refractivity contribution < 1.29 is 19.1 Å². The standard InChI is InChI=1S/C40H48N4O4/c1-4-6-8-10-11-13-15-31-28-41-38(42-29-31)32-16-22-35(23-17-32)43-44-36-24-18-33(19-25-36)40(46)48-37-26-20-34(21-27-37)39(45)47-30(3)14-12-9-7-5-2/h16-30H,4-15H2,1-3H3/t30-/m0/s1. The molecule has 1 aromatic heterocycles. The number of azo groups is 1. The van der Waals surface area contributed by atoms with Crippen LogP contribution in [0.3, 0.4) is 0 Å². The molecule has 0 unspecified atom stereocenters. The van der Waals surface area contributed by atoms with Crippen LogP contribution in [0.15, 0.2) is 95.4 Å². The number of carbonyl (C=O) groups excluding carboxylic acids is 2. The van der Waals surface area contributed by atoms with Gasteiger partial charge in [0.25, 0.3) is 0 Å². The third-order valence-corrected chi connectivity index (χ3v) is 8.11. The van der Waals surface area contributed by atoms with E-state index in [1.54, 1.807) is 48.5 Å². The molecule has 0 fully saturated rings. The highest BCUT2D eigenvalue weighted by Crippen LogP contribution is 2.23. The number of hydrogen-bond donors (Lipinski definition) is 0. The van der Waals surface area contributed by atoms with Crippen LogP contribution in [0.2, 0.25) is 0 Å². The van der Waals surface area contributed by atoms with Crippen molar-refractivity contribution in [2.24, 2.45) is 10.2 Å². The van der Waals surface area contributed by atoms with Gasteiger partial charge in [0.05, 0.1) is 28.6 Å². The van der Waals surface area contributed by atoms with E-state index in [4.69, 9.17) is 9.47 Å². The number of aryl methyl sites for hydroxylation is 1. The molecule has 48 heavy (non-hydrogen) atoms. The SMILES string of the molecule is CCCCCCCCc1cnc(-c2ccc(N=Nc3ccc(C(=O)Oc4ccc(C(=O)O[C@@H](C)CCCCCC)cc4)cc3)cc2)nc1. The number of rotatable bonds is 19. The molecule has 0 saturated carbocycles. The fourth-order valence-corrected chi connectivity index (χ4v) is 5.19. The first-order chi connectivity index (χ1) is 23.4. The van der Waals surface area contributed by atoms with E-state index in [1.807, 2.05) is 43.6 Å². The number of hydrogen-bond acceptors (Lipinski definition) is 8. The highest BCUT2D eigenvalue weighted by atomic mass is 16.5. The topological polar surface area (TPSA) is 103 Å². The molecule has 4 aromatic rings. The molecular weight excluding hydrogens is 600 g/mol. The van der Waals surface area contributed by atoms with E-state index in [-0.39, 0.29) is 12.1 Å². The van der Waals surface area contributed by atoms with Gasteiger partial charge in [-0.3, -0.25) is 0 Å². The Bertz CT molecular complexity index is 1570. The van der Waals surface area contributed by atoms with Crippen LogP contribution >= 0.6 is 0 Å². The molecule has 8 heteroatoms. The Kier molecular flexibility index (Phi) is 14.9. The van der Waals surface area contributed by atoms with Crippen molar-refractivity contribution in [3.63, 3.8) is 0 Å². The van der Waals surface area contributed by atoms with Crippen molar-refractivity contribution in [1.29, 1.82) is 0 Å². The van der Waals surface area contributed by atoms with Gasteiger partial charge < -0.3 is 9.47 Å². The summed E-state index contributed by atoms with van der Waals surface area (Å²) in [5.41, 5.74) is 4.17. The minimum absolute atomic E-state index is 0.141. The van der Waals surface area contributed by atoms with Crippen LogP contribution in [0.4, 0.5) is 11.4 Å². The lowest BCUT2D eigenvalue weighted by Crippen LogP contribution is -2.15. The smallest absolute Gasteiger partial charge is 0.343 e. The van der Waals surface area contributed by atoms with Crippen molar-refractivity contribution in [2.75, 3.05) is 0 Å². The third kappa shape index (κ3) is 12.1. The van der Waals surface area contributed by atoms with E-state index in [9.17, 15) is 9.59 Å². The highest BCUT2D eigenvalue weighted by molar-refractivity contribution is 5.92. The van der Waals surface area contributed by atoms with Gasteiger partial charge in [-0.25, -0.2) is 19.6 Å². The van der Waals surface area contributed by atoms with Crippen molar-refractivity contribution in [3.05, 3.63) is 102 Å². The number of aromatic nitrogens is 2. The molecule has 0 aliphatic rings. The summed E-state index contributed by atoms with van der Waals surface area (Å²) in [5, 5.41) is 8.62. The molecule has 0 saturated heterocycles. The van der Waals surface area contributed by atoms with Gasteiger partial charge in [-0.1, -0.05) is 65.2 Å².